The first-order valence-corrected chi connectivity index (χ1v) is 39.2. The summed E-state index contributed by atoms with van der Waals surface area (Å²) in [4.78, 5) is 72.5. The molecule has 3 N–H and O–H groups in total. The fraction of sp³-hybridized carbons (Fsp3) is 0.887. The maximum absolute atomic E-state index is 13.0. The van der Waals surface area contributed by atoms with Crippen LogP contribution in [0.3, 0.4) is 0 Å². The largest absolute Gasteiger partial charge is 0.472 e. The molecule has 0 aliphatic carbocycles. The number of phosphoric acid groups is 2. The summed E-state index contributed by atoms with van der Waals surface area (Å²) in [5.41, 5.74) is 0. The normalized spacial score (nSPS) is 14.4. The second kappa shape index (κ2) is 61.4. The molecule has 19 heteroatoms. The third-order valence-corrected chi connectivity index (χ3v) is 17.7. The zero-order valence-electron chi connectivity index (χ0n) is 58.1. The second-order valence-corrected chi connectivity index (χ2v) is 29.3. The van der Waals surface area contributed by atoms with Crippen LogP contribution in [0.25, 0.3) is 0 Å². The molecule has 0 radical (unpaired) electrons. The van der Waals surface area contributed by atoms with Crippen molar-refractivity contribution in [3.8, 4) is 0 Å². The minimum Gasteiger partial charge on any atom is -0.462 e. The lowest BCUT2D eigenvalue weighted by Crippen LogP contribution is -2.30. The summed E-state index contributed by atoms with van der Waals surface area (Å²) in [6, 6.07) is 0. The highest BCUT2D eigenvalue weighted by Gasteiger charge is 2.30. The Morgan fingerprint density at radius 1 is 0.344 bits per heavy atom. The molecule has 0 aliphatic heterocycles. The van der Waals surface area contributed by atoms with Crippen LogP contribution >= 0.6 is 15.6 Å². The number of carbonyl (C=O) groups is 4. The van der Waals surface area contributed by atoms with Crippen LogP contribution in [-0.4, -0.2) is 96.7 Å². The Labute approximate surface area is 548 Å². The number of carbonyl (C=O) groups excluding carboxylic acids is 4. The highest BCUT2D eigenvalue weighted by atomic mass is 31.2. The van der Waals surface area contributed by atoms with Gasteiger partial charge in [0, 0.05) is 25.7 Å². The van der Waals surface area contributed by atoms with Gasteiger partial charge in [-0.25, -0.2) is 9.13 Å². The molecule has 5 atom stereocenters. The smallest absolute Gasteiger partial charge is 0.462 e. The number of ether oxygens (including phenoxy) is 4. The van der Waals surface area contributed by atoms with Gasteiger partial charge in [-0.3, -0.25) is 37.3 Å². The van der Waals surface area contributed by atoms with Gasteiger partial charge in [0.1, 0.15) is 19.3 Å². The standard InChI is InChI=1S/C71H134O17P2/c1-8-9-10-11-12-13-14-15-16-17-20-23-31-38-45-52-68(73)81-58-66(88-71(76)55-48-41-33-26-25-29-36-43-50-63(4)5)60-85-89(77,78)83-56-65(72)57-84-90(79,80)86-61-67(59-82-69(74)53-46-39-34-27-30-37-44-51-64(6)7)87-70(75)54-47-40-32-24-21-18-19-22-28-35-42-49-62(2)3/h13-16,62-67,72H,8-12,17-61H2,1-7H3,(H,77,78)(H,79,80)/b14-13-,16-15-/t65?,66-,67-/m1/s1. The summed E-state index contributed by atoms with van der Waals surface area (Å²) in [5.74, 6) is 0.0242. The van der Waals surface area contributed by atoms with Crippen LogP contribution in [0.15, 0.2) is 24.3 Å². The molecule has 0 saturated heterocycles. The Morgan fingerprint density at radius 2 is 0.600 bits per heavy atom. The molecule has 0 aromatic carbocycles. The van der Waals surface area contributed by atoms with Gasteiger partial charge in [0.15, 0.2) is 12.2 Å². The molecule has 0 bridgehead atoms. The van der Waals surface area contributed by atoms with Gasteiger partial charge >= 0.3 is 39.5 Å². The lowest BCUT2D eigenvalue weighted by atomic mass is 10.0. The number of esters is 4. The van der Waals surface area contributed by atoms with E-state index in [1.807, 2.05) is 0 Å². The number of unbranched alkanes of at least 4 members (excludes halogenated alkanes) is 32. The van der Waals surface area contributed by atoms with Crippen LogP contribution in [0.1, 0.15) is 331 Å². The predicted octanol–water partition coefficient (Wildman–Crippen LogP) is 19.8. The van der Waals surface area contributed by atoms with Crippen molar-refractivity contribution in [2.24, 2.45) is 17.8 Å². The molecule has 0 rings (SSSR count). The monoisotopic (exact) mass is 1320 g/mol. The van der Waals surface area contributed by atoms with Crippen LogP contribution in [0.4, 0.5) is 0 Å². The Balaban J connectivity index is 5.27. The van der Waals surface area contributed by atoms with Crippen molar-refractivity contribution in [1.82, 2.24) is 0 Å². The van der Waals surface area contributed by atoms with Crippen molar-refractivity contribution in [2.75, 3.05) is 39.6 Å². The van der Waals surface area contributed by atoms with Crippen LogP contribution in [-0.2, 0) is 65.4 Å². The minimum atomic E-state index is -4.96. The molecule has 530 valence electrons. The number of hydrogen-bond donors (Lipinski definition) is 3. The van der Waals surface area contributed by atoms with E-state index < -0.39 is 97.5 Å². The number of hydrogen-bond acceptors (Lipinski definition) is 15. The first-order valence-electron chi connectivity index (χ1n) is 36.2. The van der Waals surface area contributed by atoms with E-state index in [9.17, 15) is 43.2 Å². The van der Waals surface area contributed by atoms with Gasteiger partial charge in [0.05, 0.1) is 26.4 Å². The van der Waals surface area contributed by atoms with Crippen LogP contribution in [0.2, 0.25) is 0 Å². The molecule has 3 unspecified atom stereocenters. The van der Waals surface area contributed by atoms with E-state index >= 15 is 0 Å². The summed E-state index contributed by atoms with van der Waals surface area (Å²) in [6.45, 7) is 11.7. The van der Waals surface area contributed by atoms with Crippen LogP contribution in [0.5, 0.6) is 0 Å². The molecule has 0 aliphatic rings. The molecule has 17 nitrogen and oxygen atoms in total. The van der Waals surface area contributed by atoms with Crippen molar-refractivity contribution in [2.45, 2.75) is 349 Å². The van der Waals surface area contributed by atoms with Crippen molar-refractivity contribution >= 4 is 39.5 Å². The highest BCUT2D eigenvalue weighted by molar-refractivity contribution is 7.47. The lowest BCUT2D eigenvalue weighted by molar-refractivity contribution is -0.161. The maximum atomic E-state index is 13.0. The van der Waals surface area contributed by atoms with Gasteiger partial charge in [-0.15, -0.1) is 0 Å². The van der Waals surface area contributed by atoms with Crippen molar-refractivity contribution < 1.29 is 80.2 Å². The van der Waals surface area contributed by atoms with Crippen molar-refractivity contribution in [1.29, 1.82) is 0 Å². The Bertz CT molecular complexity index is 1860. The zero-order valence-corrected chi connectivity index (χ0v) is 59.9. The second-order valence-electron chi connectivity index (χ2n) is 26.4. The molecular weight excluding hydrogens is 1190 g/mol. The average Bonchev–Trinajstić information content (AvgIpc) is 2.74. The van der Waals surface area contributed by atoms with Crippen molar-refractivity contribution in [3.63, 3.8) is 0 Å². The SMILES string of the molecule is CCCCCC/C=C\C=C/CCCCCCCC(=O)OC[C@H](COP(=O)(O)OCC(O)COP(=O)(O)OC[C@@H](COC(=O)CCCCCCCCCC(C)C)OC(=O)CCCCCCCCCCCCCC(C)C)OC(=O)CCCCCCCCCCC(C)C. The topological polar surface area (TPSA) is 237 Å². The molecule has 0 aromatic heterocycles. The number of rotatable bonds is 67. The van der Waals surface area contributed by atoms with E-state index in [-0.39, 0.29) is 25.7 Å². The quantitative estimate of drug-likeness (QED) is 0.0169. The summed E-state index contributed by atoms with van der Waals surface area (Å²) >= 11 is 0. The number of phosphoric ester groups is 2. The molecule has 0 spiro atoms. The fourth-order valence-electron chi connectivity index (χ4n) is 10.2. The van der Waals surface area contributed by atoms with Crippen LogP contribution < -0.4 is 0 Å². The van der Waals surface area contributed by atoms with Gasteiger partial charge in [0.25, 0.3) is 0 Å². The summed E-state index contributed by atoms with van der Waals surface area (Å²) in [6.07, 6.45) is 48.1. The average molecular weight is 1320 g/mol. The molecule has 0 amide bonds. The zero-order chi connectivity index (χ0) is 66.6. The van der Waals surface area contributed by atoms with E-state index in [4.69, 9.17) is 37.0 Å². The van der Waals surface area contributed by atoms with E-state index in [0.717, 1.165) is 121 Å². The fourth-order valence-corrected chi connectivity index (χ4v) is 11.8. The lowest BCUT2D eigenvalue weighted by Gasteiger charge is -2.21. The summed E-state index contributed by atoms with van der Waals surface area (Å²) in [7, 11) is -9.91. The van der Waals surface area contributed by atoms with Crippen LogP contribution in [0, 0.1) is 17.8 Å². The molecule has 90 heavy (non-hydrogen) atoms. The molecular formula is C71H134O17P2. The number of aliphatic hydroxyl groups excluding tert-OH is 1. The summed E-state index contributed by atoms with van der Waals surface area (Å²) < 4.78 is 68.2. The minimum absolute atomic E-state index is 0.0972. The maximum Gasteiger partial charge on any atom is 0.472 e. The van der Waals surface area contributed by atoms with E-state index in [2.05, 4.69) is 72.8 Å². The first-order chi connectivity index (χ1) is 43.2. The molecule has 0 aromatic rings. The van der Waals surface area contributed by atoms with Crippen molar-refractivity contribution in [3.05, 3.63) is 24.3 Å². The first kappa shape index (κ1) is 87.5. The third kappa shape index (κ3) is 64.3. The summed E-state index contributed by atoms with van der Waals surface area (Å²) in [5, 5.41) is 10.6. The predicted molar refractivity (Wildman–Crippen MR) is 363 cm³/mol. The Hall–Kier alpha value is -2.46. The van der Waals surface area contributed by atoms with Gasteiger partial charge in [-0.05, 0) is 69.1 Å². The molecule has 0 heterocycles. The number of aliphatic hydroxyl groups is 1. The van der Waals surface area contributed by atoms with E-state index in [1.54, 1.807) is 0 Å². The molecule has 0 fully saturated rings. The van der Waals surface area contributed by atoms with E-state index in [1.165, 1.54) is 116 Å². The van der Waals surface area contributed by atoms with Gasteiger partial charge in [0.2, 0.25) is 0 Å². The number of allylic oxidation sites excluding steroid dienone is 4. The van der Waals surface area contributed by atoms with Gasteiger partial charge < -0.3 is 33.8 Å². The Morgan fingerprint density at radius 3 is 0.900 bits per heavy atom. The third-order valence-electron chi connectivity index (χ3n) is 15.8. The Kier molecular flexibility index (Phi) is 59.7. The van der Waals surface area contributed by atoms with Gasteiger partial charge in [-0.2, -0.15) is 0 Å². The van der Waals surface area contributed by atoms with E-state index in [0.29, 0.717) is 37.5 Å². The highest BCUT2D eigenvalue weighted by Crippen LogP contribution is 2.45. The molecule has 0 saturated carbocycles. The van der Waals surface area contributed by atoms with Gasteiger partial charge in [-0.1, -0.05) is 278 Å².